The van der Waals surface area contributed by atoms with Crippen molar-refractivity contribution < 1.29 is 4.74 Å². The summed E-state index contributed by atoms with van der Waals surface area (Å²) in [4.78, 5) is 0. The van der Waals surface area contributed by atoms with Crippen LogP contribution in [0.15, 0.2) is 18.2 Å². The van der Waals surface area contributed by atoms with Gasteiger partial charge in [-0.05, 0) is 42.3 Å². The van der Waals surface area contributed by atoms with E-state index in [-0.39, 0.29) is 6.10 Å². The van der Waals surface area contributed by atoms with Gasteiger partial charge in [-0.2, -0.15) is 4.68 Å². The summed E-state index contributed by atoms with van der Waals surface area (Å²) in [5.41, 5.74) is 2.23. The molecular weight excluding hydrogens is 216 g/mol. The number of tetrazole rings is 1. The van der Waals surface area contributed by atoms with E-state index >= 15 is 0 Å². The molecule has 0 fully saturated rings. The zero-order valence-electron chi connectivity index (χ0n) is 9.92. The van der Waals surface area contributed by atoms with E-state index in [2.05, 4.69) is 21.6 Å². The Morgan fingerprint density at radius 3 is 3.00 bits per heavy atom. The van der Waals surface area contributed by atoms with Crippen LogP contribution >= 0.6 is 0 Å². The second-order valence-corrected chi connectivity index (χ2v) is 4.44. The Kier molecular flexibility index (Phi) is 2.31. The van der Waals surface area contributed by atoms with Gasteiger partial charge in [-0.1, -0.05) is 12.1 Å². The number of hydrogen-bond donors (Lipinski definition) is 0. The van der Waals surface area contributed by atoms with Gasteiger partial charge in [0.05, 0.1) is 6.10 Å². The van der Waals surface area contributed by atoms with Crippen LogP contribution in [-0.2, 0) is 12.8 Å². The van der Waals surface area contributed by atoms with Crippen molar-refractivity contribution in [3.63, 3.8) is 0 Å². The van der Waals surface area contributed by atoms with Crippen molar-refractivity contribution >= 4 is 0 Å². The highest BCUT2D eigenvalue weighted by atomic mass is 16.5. The lowest BCUT2D eigenvalue weighted by molar-refractivity contribution is 0.240. The fraction of sp³-hybridized carbons (Fsp3) is 0.417. The zero-order valence-corrected chi connectivity index (χ0v) is 9.92. The van der Waals surface area contributed by atoms with Gasteiger partial charge >= 0.3 is 0 Å². The maximum atomic E-state index is 5.82. The number of ether oxygens (including phenoxy) is 1. The van der Waals surface area contributed by atoms with Crippen LogP contribution in [0.25, 0.3) is 5.69 Å². The monoisotopic (exact) mass is 230 g/mol. The molecule has 0 bridgehead atoms. The SMILES string of the molecule is CC(C)Oc1cccc2c1-n1nnnc1CC2. The largest absolute Gasteiger partial charge is 0.489 e. The number of nitrogens with zero attached hydrogens (tertiary/aromatic N) is 4. The van der Waals surface area contributed by atoms with Gasteiger partial charge in [-0.3, -0.25) is 0 Å². The first-order valence-electron chi connectivity index (χ1n) is 5.82. The van der Waals surface area contributed by atoms with E-state index in [1.807, 2.05) is 26.0 Å². The molecule has 1 aromatic carbocycles. The minimum absolute atomic E-state index is 0.142. The van der Waals surface area contributed by atoms with Crippen LogP contribution < -0.4 is 4.74 Å². The van der Waals surface area contributed by atoms with Gasteiger partial charge in [-0.15, -0.1) is 5.10 Å². The molecular formula is C12H14N4O. The lowest BCUT2D eigenvalue weighted by Gasteiger charge is -2.20. The summed E-state index contributed by atoms with van der Waals surface area (Å²) >= 11 is 0. The average molecular weight is 230 g/mol. The summed E-state index contributed by atoms with van der Waals surface area (Å²) < 4.78 is 7.61. The van der Waals surface area contributed by atoms with Crippen molar-refractivity contribution in [3.8, 4) is 11.4 Å². The molecule has 0 saturated carbocycles. The molecule has 17 heavy (non-hydrogen) atoms. The number of para-hydroxylation sites is 1. The van der Waals surface area contributed by atoms with Crippen molar-refractivity contribution in [1.82, 2.24) is 20.2 Å². The molecule has 0 aliphatic carbocycles. The van der Waals surface area contributed by atoms with E-state index in [4.69, 9.17) is 4.74 Å². The maximum absolute atomic E-state index is 5.82. The smallest absolute Gasteiger partial charge is 0.157 e. The van der Waals surface area contributed by atoms with Gasteiger partial charge in [0.15, 0.2) is 5.82 Å². The van der Waals surface area contributed by atoms with Gasteiger partial charge in [0.1, 0.15) is 11.4 Å². The molecule has 0 N–H and O–H groups in total. The van der Waals surface area contributed by atoms with E-state index in [1.54, 1.807) is 4.68 Å². The van der Waals surface area contributed by atoms with E-state index < -0.39 is 0 Å². The average Bonchev–Trinajstić information content (AvgIpc) is 2.76. The van der Waals surface area contributed by atoms with Crippen molar-refractivity contribution in [3.05, 3.63) is 29.6 Å². The number of aromatic nitrogens is 4. The third-order valence-electron chi connectivity index (χ3n) is 2.81. The number of rotatable bonds is 2. The Morgan fingerprint density at radius 1 is 1.29 bits per heavy atom. The Bertz CT molecular complexity index is 547. The first-order chi connectivity index (χ1) is 8.25. The standard InChI is InChI=1S/C12H14N4O/c1-8(2)17-10-5-3-4-9-6-7-11-13-14-15-16(11)12(9)10/h3-5,8H,6-7H2,1-2H3. The van der Waals surface area contributed by atoms with Crippen LogP contribution in [0, 0.1) is 0 Å². The molecule has 2 heterocycles. The molecule has 0 atom stereocenters. The Labute approximate surface area is 99.4 Å². The highest BCUT2D eigenvalue weighted by molar-refractivity contribution is 5.54. The maximum Gasteiger partial charge on any atom is 0.157 e. The second kappa shape index (κ2) is 3.84. The van der Waals surface area contributed by atoms with Crippen molar-refractivity contribution in [2.75, 3.05) is 0 Å². The lowest BCUT2D eigenvalue weighted by Crippen LogP contribution is -2.16. The first kappa shape index (κ1) is 10.3. The van der Waals surface area contributed by atoms with Crippen LogP contribution in [0.3, 0.4) is 0 Å². The van der Waals surface area contributed by atoms with Gasteiger partial charge in [0.2, 0.25) is 0 Å². The van der Waals surface area contributed by atoms with Crippen molar-refractivity contribution in [1.29, 1.82) is 0 Å². The first-order valence-corrected chi connectivity index (χ1v) is 5.82. The molecule has 5 nitrogen and oxygen atoms in total. The molecule has 0 radical (unpaired) electrons. The van der Waals surface area contributed by atoms with Crippen LogP contribution in [0.1, 0.15) is 25.2 Å². The Balaban J connectivity index is 2.16. The zero-order chi connectivity index (χ0) is 11.8. The fourth-order valence-corrected chi connectivity index (χ4v) is 2.14. The summed E-state index contributed by atoms with van der Waals surface area (Å²) in [5.74, 6) is 1.75. The van der Waals surface area contributed by atoms with Gasteiger partial charge in [0, 0.05) is 6.42 Å². The van der Waals surface area contributed by atoms with Crippen LogP contribution in [0.4, 0.5) is 0 Å². The number of aryl methyl sites for hydroxylation is 2. The van der Waals surface area contributed by atoms with Gasteiger partial charge in [0.25, 0.3) is 0 Å². The molecule has 0 spiro atoms. The number of benzene rings is 1. The Hall–Kier alpha value is -1.91. The summed E-state index contributed by atoms with van der Waals surface area (Å²) in [7, 11) is 0. The highest BCUT2D eigenvalue weighted by Crippen LogP contribution is 2.31. The predicted octanol–water partition coefficient (Wildman–Crippen LogP) is 1.55. The molecule has 0 unspecified atom stereocenters. The van der Waals surface area contributed by atoms with Crippen molar-refractivity contribution in [2.24, 2.45) is 0 Å². The molecule has 3 rings (SSSR count). The molecule has 5 heteroatoms. The van der Waals surface area contributed by atoms with E-state index in [0.29, 0.717) is 0 Å². The molecule has 1 aromatic heterocycles. The highest BCUT2D eigenvalue weighted by Gasteiger charge is 2.22. The summed E-state index contributed by atoms with van der Waals surface area (Å²) in [6.07, 6.45) is 1.99. The van der Waals surface area contributed by atoms with Gasteiger partial charge < -0.3 is 4.74 Å². The van der Waals surface area contributed by atoms with Crippen LogP contribution in [-0.4, -0.2) is 26.3 Å². The minimum atomic E-state index is 0.142. The van der Waals surface area contributed by atoms with Gasteiger partial charge in [-0.25, -0.2) is 0 Å². The fourth-order valence-electron chi connectivity index (χ4n) is 2.14. The molecule has 0 saturated heterocycles. The third-order valence-corrected chi connectivity index (χ3v) is 2.81. The predicted molar refractivity (Wildman–Crippen MR) is 62.3 cm³/mol. The number of hydrogen-bond acceptors (Lipinski definition) is 4. The van der Waals surface area contributed by atoms with E-state index in [9.17, 15) is 0 Å². The summed E-state index contributed by atoms with van der Waals surface area (Å²) in [5, 5.41) is 11.8. The number of fused-ring (bicyclic) bond motifs is 3. The topological polar surface area (TPSA) is 52.8 Å². The molecule has 88 valence electrons. The van der Waals surface area contributed by atoms with E-state index in [1.165, 1.54) is 5.56 Å². The summed E-state index contributed by atoms with van der Waals surface area (Å²) in [6.45, 7) is 4.03. The molecule has 1 aliphatic rings. The second-order valence-electron chi connectivity index (χ2n) is 4.44. The Morgan fingerprint density at radius 2 is 2.18 bits per heavy atom. The molecule has 2 aromatic rings. The van der Waals surface area contributed by atoms with Crippen LogP contribution in [0.2, 0.25) is 0 Å². The van der Waals surface area contributed by atoms with E-state index in [0.717, 1.165) is 30.1 Å². The quantitative estimate of drug-likeness (QED) is 0.785. The molecule has 1 aliphatic heterocycles. The van der Waals surface area contributed by atoms with Crippen molar-refractivity contribution in [2.45, 2.75) is 32.8 Å². The molecule has 0 amide bonds. The summed E-state index contributed by atoms with van der Waals surface area (Å²) in [6, 6.07) is 6.09. The lowest BCUT2D eigenvalue weighted by atomic mass is 10.0. The third kappa shape index (κ3) is 1.67. The van der Waals surface area contributed by atoms with Crippen LogP contribution in [0.5, 0.6) is 5.75 Å². The minimum Gasteiger partial charge on any atom is -0.489 e. The normalized spacial score (nSPS) is 13.4.